The van der Waals surface area contributed by atoms with Gasteiger partial charge >= 0.3 is 0 Å². The molecule has 110 valence electrons. The first-order chi connectivity index (χ1) is 10.7. The number of H-pyrrole nitrogens is 1. The maximum absolute atomic E-state index is 12.3. The average Bonchev–Trinajstić information content (AvgIpc) is 2.56. The molecule has 0 unspecified atom stereocenters. The first kappa shape index (κ1) is 14.0. The minimum Gasteiger partial charge on any atom is -0.392 e. The number of hydrogen-bond acceptors (Lipinski definition) is 3. The summed E-state index contributed by atoms with van der Waals surface area (Å²) in [6, 6.07) is 13.8. The number of carbonyl (C=O) groups is 1. The maximum Gasteiger partial charge on any atom is 0.261 e. The van der Waals surface area contributed by atoms with Crippen molar-refractivity contribution in [2.75, 3.05) is 5.32 Å². The number of hydrogen-bond donors (Lipinski definition) is 3. The topological polar surface area (TPSA) is 82.2 Å². The Kier molecular flexibility index (Phi) is 3.72. The molecule has 5 nitrogen and oxygen atoms in total. The predicted octanol–water partition coefficient (Wildman–Crippen LogP) is 2.27. The quantitative estimate of drug-likeness (QED) is 0.693. The minimum absolute atomic E-state index is 0.0570. The number of carbonyl (C=O) groups excluding carboxylic acids is 1. The lowest BCUT2D eigenvalue weighted by Crippen LogP contribution is -2.21. The van der Waals surface area contributed by atoms with Gasteiger partial charge in [-0.2, -0.15) is 0 Å². The molecule has 2 aromatic carbocycles. The second-order valence-electron chi connectivity index (χ2n) is 4.89. The lowest BCUT2D eigenvalue weighted by Gasteiger charge is -2.06. The summed E-state index contributed by atoms with van der Waals surface area (Å²) >= 11 is 0. The number of aliphatic hydroxyl groups excluding tert-OH is 1. The first-order valence-electron chi connectivity index (χ1n) is 6.80. The third-order valence-electron chi connectivity index (χ3n) is 3.43. The van der Waals surface area contributed by atoms with Crippen LogP contribution in [0.15, 0.2) is 59.5 Å². The maximum atomic E-state index is 12.3. The number of amides is 1. The highest BCUT2D eigenvalue weighted by molar-refractivity contribution is 6.05. The molecule has 0 aliphatic carbocycles. The van der Waals surface area contributed by atoms with E-state index in [2.05, 4.69) is 10.3 Å². The molecule has 1 amide bonds. The molecule has 0 aliphatic heterocycles. The predicted molar refractivity (Wildman–Crippen MR) is 84.9 cm³/mol. The SMILES string of the molecule is O=C(Nc1ccc(CO)cc1)c1c[nH]c2ccccc2c1=O. The number of anilines is 1. The van der Waals surface area contributed by atoms with Crippen molar-refractivity contribution in [2.24, 2.45) is 0 Å². The number of aromatic amines is 1. The van der Waals surface area contributed by atoms with Gasteiger partial charge in [0.25, 0.3) is 5.91 Å². The highest BCUT2D eigenvalue weighted by Crippen LogP contribution is 2.12. The fourth-order valence-corrected chi connectivity index (χ4v) is 2.23. The van der Waals surface area contributed by atoms with Crippen molar-refractivity contribution in [1.29, 1.82) is 0 Å². The third kappa shape index (κ3) is 2.62. The van der Waals surface area contributed by atoms with Crippen LogP contribution in [-0.2, 0) is 6.61 Å². The van der Waals surface area contributed by atoms with Crippen molar-refractivity contribution in [1.82, 2.24) is 4.98 Å². The van der Waals surface area contributed by atoms with Crippen LogP contribution in [0.5, 0.6) is 0 Å². The molecule has 0 bridgehead atoms. The van der Waals surface area contributed by atoms with Gasteiger partial charge < -0.3 is 15.4 Å². The Balaban J connectivity index is 1.91. The lowest BCUT2D eigenvalue weighted by atomic mass is 10.1. The standard InChI is InChI=1S/C17H14N2O3/c20-10-11-5-7-12(8-6-11)19-17(22)14-9-18-15-4-2-1-3-13(15)16(14)21/h1-9,20H,10H2,(H,18,21)(H,19,22). The number of rotatable bonds is 3. The molecular formula is C17H14N2O3. The molecule has 0 aliphatic rings. The van der Waals surface area contributed by atoms with E-state index >= 15 is 0 Å². The van der Waals surface area contributed by atoms with E-state index in [9.17, 15) is 9.59 Å². The van der Waals surface area contributed by atoms with E-state index in [4.69, 9.17) is 5.11 Å². The molecule has 3 N–H and O–H groups in total. The molecule has 1 heterocycles. The van der Waals surface area contributed by atoms with Crippen LogP contribution in [0.1, 0.15) is 15.9 Å². The van der Waals surface area contributed by atoms with Gasteiger partial charge in [0, 0.05) is 22.8 Å². The molecule has 3 rings (SSSR count). The highest BCUT2D eigenvalue weighted by atomic mass is 16.3. The fourth-order valence-electron chi connectivity index (χ4n) is 2.23. The number of aliphatic hydroxyl groups is 1. The Morgan fingerprint density at radius 3 is 2.55 bits per heavy atom. The number of para-hydroxylation sites is 1. The Morgan fingerprint density at radius 2 is 1.82 bits per heavy atom. The van der Waals surface area contributed by atoms with Crippen LogP contribution >= 0.6 is 0 Å². The van der Waals surface area contributed by atoms with Crippen LogP contribution in [-0.4, -0.2) is 16.0 Å². The first-order valence-corrected chi connectivity index (χ1v) is 6.80. The molecule has 0 saturated carbocycles. The van der Waals surface area contributed by atoms with E-state index in [1.54, 1.807) is 42.5 Å². The third-order valence-corrected chi connectivity index (χ3v) is 3.43. The number of fused-ring (bicyclic) bond motifs is 1. The monoisotopic (exact) mass is 294 g/mol. The van der Waals surface area contributed by atoms with Gasteiger partial charge in [-0.05, 0) is 29.8 Å². The van der Waals surface area contributed by atoms with Crippen LogP contribution in [0.25, 0.3) is 10.9 Å². The summed E-state index contributed by atoms with van der Waals surface area (Å²) in [6.07, 6.45) is 1.42. The Hall–Kier alpha value is -2.92. The van der Waals surface area contributed by atoms with Gasteiger partial charge in [0.05, 0.1) is 6.61 Å². The number of nitrogens with one attached hydrogen (secondary N) is 2. The van der Waals surface area contributed by atoms with E-state index in [1.165, 1.54) is 6.20 Å². The second-order valence-corrected chi connectivity index (χ2v) is 4.89. The zero-order valence-corrected chi connectivity index (χ0v) is 11.7. The summed E-state index contributed by atoms with van der Waals surface area (Å²) in [6.45, 7) is -0.0570. The lowest BCUT2D eigenvalue weighted by molar-refractivity contribution is 0.102. The normalized spacial score (nSPS) is 10.6. The van der Waals surface area contributed by atoms with Crippen molar-refractivity contribution < 1.29 is 9.90 Å². The van der Waals surface area contributed by atoms with E-state index < -0.39 is 5.91 Å². The molecular weight excluding hydrogens is 280 g/mol. The summed E-state index contributed by atoms with van der Waals surface area (Å²) in [5.41, 5.74) is 1.76. The summed E-state index contributed by atoms with van der Waals surface area (Å²) in [5, 5.41) is 12.1. The van der Waals surface area contributed by atoms with E-state index in [0.717, 1.165) is 5.56 Å². The van der Waals surface area contributed by atoms with Crippen molar-refractivity contribution in [2.45, 2.75) is 6.61 Å². The van der Waals surface area contributed by atoms with Gasteiger partial charge in [0.15, 0.2) is 0 Å². The van der Waals surface area contributed by atoms with Crippen molar-refractivity contribution >= 4 is 22.5 Å². The van der Waals surface area contributed by atoms with E-state index in [0.29, 0.717) is 16.6 Å². The van der Waals surface area contributed by atoms with Gasteiger partial charge in [-0.15, -0.1) is 0 Å². The second kappa shape index (κ2) is 5.83. The van der Waals surface area contributed by atoms with Gasteiger partial charge in [-0.25, -0.2) is 0 Å². The Labute approximate surface area is 126 Å². The molecule has 22 heavy (non-hydrogen) atoms. The van der Waals surface area contributed by atoms with Crippen molar-refractivity contribution in [3.8, 4) is 0 Å². The summed E-state index contributed by atoms with van der Waals surface area (Å²) in [7, 11) is 0. The van der Waals surface area contributed by atoms with Gasteiger partial charge in [-0.3, -0.25) is 9.59 Å². The van der Waals surface area contributed by atoms with Gasteiger partial charge in [0.1, 0.15) is 5.56 Å². The fraction of sp³-hybridized carbons (Fsp3) is 0.0588. The van der Waals surface area contributed by atoms with Crippen LogP contribution in [0.3, 0.4) is 0 Å². The van der Waals surface area contributed by atoms with E-state index in [-0.39, 0.29) is 17.6 Å². The van der Waals surface area contributed by atoms with Crippen molar-refractivity contribution in [3.05, 3.63) is 76.1 Å². The molecule has 5 heteroatoms. The van der Waals surface area contributed by atoms with Gasteiger partial charge in [0.2, 0.25) is 5.43 Å². The van der Waals surface area contributed by atoms with Gasteiger partial charge in [-0.1, -0.05) is 24.3 Å². The average molecular weight is 294 g/mol. The Bertz CT molecular complexity index is 882. The van der Waals surface area contributed by atoms with Crippen LogP contribution in [0, 0.1) is 0 Å². The van der Waals surface area contributed by atoms with Crippen LogP contribution < -0.4 is 10.7 Å². The molecule has 1 aromatic heterocycles. The molecule has 0 atom stereocenters. The number of pyridine rings is 1. The van der Waals surface area contributed by atoms with Crippen LogP contribution in [0.4, 0.5) is 5.69 Å². The van der Waals surface area contributed by atoms with Crippen molar-refractivity contribution in [3.63, 3.8) is 0 Å². The summed E-state index contributed by atoms with van der Waals surface area (Å²) < 4.78 is 0. The zero-order valence-electron chi connectivity index (χ0n) is 11.7. The molecule has 0 spiro atoms. The van der Waals surface area contributed by atoms with E-state index in [1.807, 2.05) is 6.07 Å². The Morgan fingerprint density at radius 1 is 1.09 bits per heavy atom. The smallest absolute Gasteiger partial charge is 0.261 e. The number of aromatic nitrogens is 1. The number of benzene rings is 2. The largest absolute Gasteiger partial charge is 0.392 e. The molecule has 3 aromatic rings. The van der Waals surface area contributed by atoms with Crippen LogP contribution in [0.2, 0.25) is 0 Å². The minimum atomic E-state index is -0.469. The molecule has 0 fully saturated rings. The highest BCUT2D eigenvalue weighted by Gasteiger charge is 2.12. The summed E-state index contributed by atoms with van der Waals surface area (Å²) in [4.78, 5) is 27.6. The zero-order chi connectivity index (χ0) is 15.5. The molecule has 0 radical (unpaired) electrons. The summed E-state index contributed by atoms with van der Waals surface area (Å²) in [5.74, 6) is -0.469. The molecule has 0 saturated heterocycles.